The number of amides is 2. The molecule has 0 radical (unpaired) electrons. The number of nitrogens with zero attached hydrogens (tertiary/aromatic N) is 3. The molecule has 0 aromatic heterocycles. The van der Waals surface area contributed by atoms with Crippen molar-refractivity contribution in [2.45, 2.75) is 0 Å². The number of carbonyl (C=O) groups is 2. The Bertz CT molecular complexity index is 1540. The molecule has 1 aliphatic rings. The zero-order valence-corrected chi connectivity index (χ0v) is 22.0. The molecule has 4 aromatic rings. The van der Waals surface area contributed by atoms with Crippen LogP contribution in [-0.2, 0) is 4.79 Å². The van der Waals surface area contributed by atoms with E-state index in [9.17, 15) is 9.59 Å². The largest absolute Gasteiger partial charge is 0.497 e. The number of rotatable bonds is 7. The van der Waals surface area contributed by atoms with Crippen molar-refractivity contribution >= 4 is 40.8 Å². The lowest BCUT2D eigenvalue weighted by Gasteiger charge is -2.19. The highest BCUT2D eigenvalue weighted by molar-refractivity contribution is 6.33. The molecule has 7 nitrogen and oxygen atoms in total. The SMILES string of the molecule is COc1ccc(NC(=O)c2ccc(N3C(=O)C(=Cc4ccc(N(C)C)cc4)N=C3c3ccccc3)cc2)cc1. The summed E-state index contributed by atoms with van der Waals surface area (Å²) in [7, 11) is 5.56. The summed E-state index contributed by atoms with van der Waals surface area (Å²) >= 11 is 0. The van der Waals surface area contributed by atoms with E-state index in [0.717, 1.165) is 16.8 Å². The number of nitrogens with one attached hydrogen (secondary N) is 1. The summed E-state index contributed by atoms with van der Waals surface area (Å²) in [5, 5.41) is 2.88. The van der Waals surface area contributed by atoms with Crippen molar-refractivity contribution in [3.8, 4) is 5.75 Å². The lowest BCUT2D eigenvalue weighted by Crippen LogP contribution is -2.32. The normalized spacial score (nSPS) is 13.8. The predicted molar refractivity (Wildman–Crippen MR) is 157 cm³/mol. The molecule has 194 valence electrons. The van der Waals surface area contributed by atoms with Crippen LogP contribution in [0.3, 0.4) is 0 Å². The molecule has 0 unspecified atom stereocenters. The fourth-order valence-corrected chi connectivity index (χ4v) is 4.20. The molecule has 5 rings (SSSR count). The first kappa shape index (κ1) is 25.5. The second-order valence-electron chi connectivity index (χ2n) is 9.19. The van der Waals surface area contributed by atoms with Gasteiger partial charge in [-0.3, -0.25) is 14.5 Å². The number of hydrogen-bond acceptors (Lipinski definition) is 5. The first-order valence-corrected chi connectivity index (χ1v) is 12.5. The maximum Gasteiger partial charge on any atom is 0.282 e. The van der Waals surface area contributed by atoms with Gasteiger partial charge in [-0.2, -0.15) is 0 Å². The zero-order chi connectivity index (χ0) is 27.4. The summed E-state index contributed by atoms with van der Waals surface area (Å²) in [6.07, 6.45) is 1.79. The third kappa shape index (κ3) is 5.57. The van der Waals surface area contributed by atoms with Crippen LogP contribution in [0.4, 0.5) is 17.1 Å². The number of aliphatic imine (C=N–C) groups is 1. The van der Waals surface area contributed by atoms with E-state index in [1.807, 2.05) is 73.6 Å². The van der Waals surface area contributed by atoms with Crippen LogP contribution >= 0.6 is 0 Å². The van der Waals surface area contributed by atoms with Gasteiger partial charge in [-0.25, -0.2) is 4.99 Å². The molecule has 0 saturated carbocycles. The van der Waals surface area contributed by atoms with Gasteiger partial charge in [0.1, 0.15) is 17.3 Å². The van der Waals surface area contributed by atoms with Crippen molar-refractivity contribution < 1.29 is 14.3 Å². The van der Waals surface area contributed by atoms with Crippen LogP contribution in [0.15, 0.2) is 114 Å². The Balaban J connectivity index is 1.42. The van der Waals surface area contributed by atoms with Gasteiger partial charge >= 0.3 is 0 Å². The molecule has 7 heteroatoms. The number of carbonyl (C=O) groups excluding carboxylic acids is 2. The van der Waals surface area contributed by atoms with Crippen molar-refractivity contribution in [2.75, 3.05) is 36.3 Å². The Morgan fingerprint density at radius 2 is 1.54 bits per heavy atom. The van der Waals surface area contributed by atoms with Gasteiger partial charge in [0.15, 0.2) is 0 Å². The molecule has 0 bridgehead atoms. The summed E-state index contributed by atoms with van der Waals surface area (Å²) < 4.78 is 5.16. The fourth-order valence-electron chi connectivity index (χ4n) is 4.20. The summed E-state index contributed by atoms with van der Waals surface area (Å²) in [5.74, 6) is 0.758. The molecule has 0 saturated heterocycles. The first-order chi connectivity index (χ1) is 18.9. The van der Waals surface area contributed by atoms with Gasteiger partial charge in [0, 0.05) is 36.6 Å². The Kier molecular flexibility index (Phi) is 7.23. The van der Waals surface area contributed by atoms with Gasteiger partial charge in [0.25, 0.3) is 11.8 Å². The molecule has 1 aliphatic heterocycles. The van der Waals surface area contributed by atoms with Crippen molar-refractivity contribution in [3.63, 3.8) is 0 Å². The Morgan fingerprint density at radius 3 is 2.15 bits per heavy atom. The van der Waals surface area contributed by atoms with E-state index >= 15 is 0 Å². The van der Waals surface area contributed by atoms with E-state index in [2.05, 4.69) is 5.32 Å². The minimum Gasteiger partial charge on any atom is -0.497 e. The summed E-state index contributed by atoms with van der Waals surface area (Å²) in [5.41, 5.74) is 4.86. The molecule has 0 atom stereocenters. The number of anilines is 3. The van der Waals surface area contributed by atoms with Gasteiger partial charge in [-0.05, 0) is 72.3 Å². The minimum absolute atomic E-state index is 0.235. The summed E-state index contributed by atoms with van der Waals surface area (Å²) in [6.45, 7) is 0. The monoisotopic (exact) mass is 516 g/mol. The lowest BCUT2D eigenvalue weighted by molar-refractivity contribution is -0.113. The fraction of sp³-hybridized carbons (Fsp3) is 0.0938. The number of benzene rings is 4. The molecular weight excluding hydrogens is 488 g/mol. The van der Waals surface area contributed by atoms with Crippen LogP contribution < -0.4 is 19.9 Å². The van der Waals surface area contributed by atoms with E-state index < -0.39 is 0 Å². The number of amidine groups is 1. The van der Waals surface area contributed by atoms with E-state index in [1.54, 1.807) is 66.6 Å². The van der Waals surface area contributed by atoms with Gasteiger partial charge < -0.3 is 15.0 Å². The Morgan fingerprint density at radius 1 is 0.872 bits per heavy atom. The van der Waals surface area contributed by atoms with Crippen LogP contribution in [-0.4, -0.2) is 38.9 Å². The third-order valence-corrected chi connectivity index (χ3v) is 6.34. The van der Waals surface area contributed by atoms with Crippen molar-refractivity contribution in [2.24, 2.45) is 4.99 Å². The molecule has 0 spiro atoms. The molecule has 4 aromatic carbocycles. The highest BCUT2D eigenvalue weighted by atomic mass is 16.5. The number of hydrogen-bond donors (Lipinski definition) is 1. The van der Waals surface area contributed by atoms with Crippen molar-refractivity contribution in [1.29, 1.82) is 0 Å². The van der Waals surface area contributed by atoms with Gasteiger partial charge in [0.2, 0.25) is 0 Å². The number of methoxy groups -OCH3 is 1. The quantitative estimate of drug-likeness (QED) is 0.313. The predicted octanol–water partition coefficient (Wildman–Crippen LogP) is 5.85. The standard InChI is InChI=1S/C32H28N4O3/c1-35(2)26-15-9-22(10-16-26)21-29-32(38)36(30(34-29)23-7-5-4-6-8-23)27-17-11-24(12-18-27)31(37)33-25-13-19-28(39-3)20-14-25/h4-21H,1-3H3,(H,33,37). The van der Waals surface area contributed by atoms with Crippen LogP contribution in [0, 0.1) is 0 Å². The molecular formula is C32H28N4O3. The molecule has 2 amide bonds. The number of ether oxygens (including phenoxy) is 1. The van der Waals surface area contributed by atoms with E-state index in [4.69, 9.17) is 9.73 Å². The van der Waals surface area contributed by atoms with Crippen LogP contribution in [0.25, 0.3) is 6.08 Å². The second kappa shape index (κ2) is 11.1. The zero-order valence-electron chi connectivity index (χ0n) is 22.0. The van der Waals surface area contributed by atoms with Gasteiger partial charge in [-0.1, -0.05) is 42.5 Å². The average molecular weight is 517 g/mol. The average Bonchev–Trinajstić information content (AvgIpc) is 3.29. The minimum atomic E-state index is -0.252. The van der Waals surface area contributed by atoms with Crippen molar-refractivity contribution in [1.82, 2.24) is 0 Å². The maximum absolute atomic E-state index is 13.6. The van der Waals surface area contributed by atoms with Crippen molar-refractivity contribution in [3.05, 3.63) is 126 Å². The Hall–Kier alpha value is -5.17. The summed E-state index contributed by atoms with van der Waals surface area (Å²) in [6, 6.07) is 31.5. The lowest BCUT2D eigenvalue weighted by atomic mass is 10.1. The second-order valence-corrected chi connectivity index (χ2v) is 9.19. The molecule has 39 heavy (non-hydrogen) atoms. The van der Waals surface area contributed by atoms with Gasteiger partial charge in [-0.15, -0.1) is 0 Å². The van der Waals surface area contributed by atoms with E-state index in [0.29, 0.717) is 34.2 Å². The topological polar surface area (TPSA) is 74.2 Å². The van der Waals surface area contributed by atoms with Crippen LogP contribution in [0.5, 0.6) is 5.75 Å². The Labute approximate surface area is 227 Å². The van der Waals surface area contributed by atoms with E-state index in [1.165, 1.54) is 0 Å². The van der Waals surface area contributed by atoms with Crippen LogP contribution in [0.2, 0.25) is 0 Å². The molecule has 0 aliphatic carbocycles. The third-order valence-electron chi connectivity index (χ3n) is 6.34. The highest BCUT2D eigenvalue weighted by Crippen LogP contribution is 2.29. The van der Waals surface area contributed by atoms with Crippen LogP contribution in [0.1, 0.15) is 21.5 Å². The van der Waals surface area contributed by atoms with E-state index in [-0.39, 0.29) is 11.8 Å². The summed E-state index contributed by atoms with van der Waals surface area (Å²) in [4.78, 5) is 34.8. The molecule has 0 fully saturated rings. The molecule has 1 heterocycles. The molecule has 1 N–H and O–H groups in total. The first-order valence-electron chi connectivity index (χ1n) is 12.5. The smallest absolute Gasteiger partial charge is 0.282 e. The maximum atomic E-state index is 13.6. The highest BCUT2D eigenvalue weighted by Gasteiger charge is 2.32. The van der Waals surface area contributed by atoms with Gasteiger partial charge in [0.05, 0.1) is 12.8 Å².